The molecule has 8 heteroatoms. The Labute approximate surface area is 81.9 Å². The van der Waals surface area contributed by atoms with Gasteiger partial charge < -0.3 is 15.8 Å². The predicted molar refractivity (Wildman–Crippen MR) is 46.6 cm³/mol. The van der Waals surface area contributed by atoms with Crippen molar-refractivity contribution in [3.8, 4) is 0 Å². The fourth-order valence-corrected chi connectivity index (χ4v) is 1.16. The van der Waals surface area contributed by atoms with Crippen LogP contribution >= 0.6 is 0 Å². The number of nitrogens with zero attached hydrogens (tertiary/aromatic N) is 1. The molecule has 6 nitrogen and oxygen atoms in total. The summed E-state index contributed by atoms with van der Waals surface area (Å²) in [6.07, 6.45) is -3.05. The first-order valence-corrected chi connectivity index (χ1v) is 3.86. The lowest BCUT2D eigenvalue weighted by Crippen LogP contribution is -2.15. The lowest BCUT2D eigenvalue weighted by atomic mass is 10.1. The maximum atomic E-state index is 12.5. The molecule has 0 saturated heterocycles. The molecule has 0 unspecified atom stereocenters. The van der Waals surface area contributed by atoms with Crippen molar-refractivity contribution in [3.63, 3.8) is 0 Å². The number of hydrogen-bond acceptors (Lipinski definition) is 4. The Morgan fingerprint density at radius 3 is 2.60 bits per heavy atom. The number of nitrogens with two attached hydrogens (primary N) is 1. The first-order chi connectivity index (χ1) is 6.97. The maximum Gasteiger partial charge on any atom is 0.333 e. The molecule has 15 heavy (non-hydrogen) atoms. The number of nitrogens with one attached hydrogen (secondary N) is 1. The molecule has 0 amide bonds. The van der Waals surface area contributed by atoms with Crippen LogP contribution in [0.5, 0.6) is 0 Å². The summed E-state index contributed by atoms with van der Waals surface area (Å²) in [5.41, 5.74) is 3.24. The highest BCUT2D eigenvalue weighted by Crippen LogP contribution is 2.28. The van der Waals surface area contributed by atoms with E-state index in [0.717, 1.165) is 6.07 Å². The fourth-order valence-electron chi connectivity index (χ4n) is 1.16. The largest absolute Gasteiger partial charge is 0.358 e. The Kier molecular flexibility index (Phi) is 3.10. The molecule has 0 radical (unpaired) electrons. The van der Waals surface area contributed by atoms with Crippen molar-refractivity contribution in [3.05, 3.63) is 37.7 Å². The zero-order valence-corrected chi connectivity index (χ0v) is 7.37. The van der Waals surface area contributed by atoms with E-state index in [4.69, 9.17) is 5.73 Å². The van der Waals surface area contributed by atoms with Gasteiger partial charge in [-0.05, 0) is 10.5 Å². The normalized spacial score (nSPS) is 10.7. The minimum atomic E-state index is -3.05. The third-order valence-electron chi connectivity index (χ3n) is 1.77. The molecule has 0 aliphatic carbocycles. The van der Waals surface area contributed by atoms with Gasteiger partial charge in [0.1, 0.15) is 5.56 Å². The van der Waals surface area contributed by atoms with Crippen molar-refractivity contribution >= 4 is 5.82 Å². The molecular formula is C7H7F2N3O3. The van der Waals surface area contributed by atoms with Crippen LogP contribution in [0, 0.1) is 10.1 Å². The van der Waals surface area contributed by atoms with Crippen molar-refractivity contribution in [2.75, 3.05) is 0 Å². The predicted octanol–water partition coefficient (Wildman–Crippen LogP) is 0.679. The molecule has 82 valence electrons. The average Bonchev–Trinajstić information content (AvgIpc) is 2.15. The van der Waals surface area contributed by atoms with E-state index in [9.17, 15) is 23.7 Å². The minimum Gasteiger partial charge on any atom is -0.358 e. The van der Waals surface area contributed by atoms with Crippen LogP contribution < -0.4 is 11.3 Å². The average molecular weight is 219 g/mol. The highest BCUT2D eigenvalue weighted by Gasteiger charge is 2.25. The van der Waals surface area contributed by atoms with Crippen LogP contribution in [0.2, 0.25) is 0 Å². The number of hydrogen-bond donors (Lipinski definition) is 2. The van der Waals surface area contributed by atoms with Gasteiger partial charge in [0.2, 0.25) is 0 Å². The second-order valence-corrected chi connectivity index (χ2v) is 2.68. The van der Waals surface area contributed by atoms with Gasteiger partial charge in [-0.1, -0.05) is 0 Å². The molecule has 0 atom stereocenters. The van der Waals surface area contributed by atoms with E-state index in [1.165, 1.54) is 0 Å². The van der Waals surface area contributed by atoms with Gasteiger partial charge in [0.05, 0.1) is 0 Å². The van der Waals surface area contributed by atoms with E-state index in [0.29, 0.717) is 0 Å². The van der Waals surface area contributed by atoms with Crippen molar-refractivity contribution in [2.24, 2.45) is 5.73 Å². The molecule has 3 N–H and O–H groups in total. The summed E-state index contributed by atoms with van der Waals surface area (Å²) >= 11 is 0. The molecule has 0 saturated carbocycles. The van der Waals surface area contributed by atoms with Crippen LogP contribution in [0.3, 0.4) is 0 Å². The molecular weight excluding hydrogens is 212 g/mol. The quantitative estimate of drug-likeness (QED) is 0.576. The summed E-state index contributed by atoms with van der Waals surface area (Å²) < 4.78 is 25.0. The fraction of sp³-hybridized carbons (Fsp3) is 0.286. The van der Waals surface area contributed by atoms with Crippen LogP contribution in [0.4, 0.5) is 14.6 Å². The van der Waals surface area contributed by atoms with Crippen LogP contribution in [0.15, 0.2) is 10.9 Å². The molecule has 0 aliphatic heterocycles. The number of rotatable bonds is 3. The SMILES string of the molecule is NCc1cc(=O)[nH]c([N+](=O)[O-])c1C(F)F. The Balaban J connectivity index is 3.54. The monoisotopic (exact) mass is 219 g/mol. The number of aromatic amines is 1. The van der Waals surface area contributed by atoms with Gasteiger partial charge in [-0.15, -0.1) is 0 Å². The van der Waals surface area contributed by atoms with Gasteiger partial charge in [0.15, 0.2) is 0 Å². The summed E-state index contributed by atoms with van der Waals surface area (Å²) in [4.78, 5) is 22.0. The van der Waals surface area contributed by atoms with Gasteiger partial charge >= 0.3 is 11.4 Å². The lowest BCUT2D eigenvalue weighted by Gasteiger charge is -2.06. The molecule has 1 rings (SSSR count). The summed E-state index contributed by atoms with van der Waals surface area (Å²) in [5, 5.41) is 10.4. The topological polar surface area (TPSA) is 102 Å². The van der Waals surface area contributed by atoms with Gasteiger partial charge in [0.25, 0.3) is 6.43 Å². The summed E-state index contributed by atoms with van der Waals surface area (Å²) in [5.74, 6) is -1.00. The molecule has 0 fully saturated rings. The number of H-pyrrole nitrogens is 1. The first kappa shape index (κ1) is 11.2. The minimum absolute atomic E-state index is 0.222. The first-order valence-electron chi connectivity index (χ1n) is 3.86. The molecule has 1 aromatic rings. The van der Waals surface area contributed by atoms with Gasteiger partial charge in [-0.3, -0.25) is 0 Å². The molecule has 0 bridgehead atoms. The Morgan fingerprint density at radius 1 is 1.60 bits per heavy atom. The second kappa shape index (κ2) is 4.13. The molecule has 0 spiro atoms. The van der Waals surface area contributed by atoms with Crippen molar-refractivity contribution in [1.82, 2.24) is 4.98 Å². The number of aromatic nitrogens is 1. The number of nitro groups is 1. The van der Waals surface area contributed by atoms with Crippen molar-refractivity contribution in [1.29, 1.82) is 0 Å². The van der Waals surface area contributed by atoms with E-state index >= 15 is 0 Å². The Hall–Kier alpha value is -1.83. The Morgan fingerprint density at radius 2 is 2.20 bits per heavy atom. The third kappa shape index (κ3) is 2.15. The molecule has 0 aromatic carbocycles. The van der Waals surface area contributed by atoms with Crippen LogP contribution in [-0.2, 0) is 6.54 Å². The molecule has 0 aliphatic rings. The van der Waals surface area contributed by atoms with Crippen molar-refractivity contribution < 1.29 is 13.7 Å². The van der Waals surface area contributed by atoms with Gasteiger partial charge in [-0.2, -0.15) is 0 Å². The van der Waals surface area contributed by atoms with E-state index in [1.807, 2.05) is 0 Å². The zero-order valence-electron chi connectivity index (χ0n) is 7.37. The zero-order chi connectivity index (χ0) is 11.6. The van der Waals surface area contributed by atoms with Gasteiger partial charge in [0, 0.05) is 12.6 Å². The Bertz CT molecular complexity index is 444. The van der Waals surface area contributed by atoms with E-state index in [2.05, 4.69) is 0 Å². The maximum absolute atomic E-state index is 12.5. The smallest absolute Gasteiger partial charge is 0.333 e. The van der Waals surface area contributed by atoms with Gasteiger partial charge in [-0.25, -0.2) is 18.6 Å². The van der Waals surface area contributed by atoms with Crippen LogP contribution in [-0.4, -0.2) is 9.91 Å². The van der Waals surface area contributed by atoms with Crippen LogP contribution in [0.25, 0.3) is 0 Å². The van der Waals surface area contributed by atoms with Crippen LogP contribution in [0.1, 0.15) is 17.6 Å². The van der Waals surface area contributed by atoms with E-state index in [-0.39, 0.29) is 12.1 Å². The summed E-state index contributed by atoms with van der Waals surface area (Å²) in [7, 11) is 0. The standard InChI is InChI=1S/C7H7F2N3O3/c8-6(9)5-3(2-10)1-4(13)11-7(5)12(14)15/h1,6H,2,10H2,(H,11,13). The van der Waals surface area contributed by atoms with Crippen molar-refractivity contribution in [2.45, 2.75) is 13.0 Å². The molecule has 1 heterocycles. The summed E-state index contributed by atoms with van der Waals surface area (Å²) in [6, 6.07) is 0.828. The van der Waals surface area contributed by atoms with E-state index in [1.54, 1.807) is 4.98 Å². The molecule has 1 aromatic heterocycles. The number of alkyl halides is 2. The second-order valence-electron chi connectivity index (χ2n) is 2.68. The van der Waals surface area contributed by atoms with E-state index < -0.39 is 28.3 Å². The highest BCUT2D eigenvalue weighted by atomic mass is 19.3. The number of pyridine rings is 1. The highest BCUT2D eigenvalue weighted by molar-refractivity contribution is 5.40. The summed E-state index contributed by atoms with van der Waals surface area (Å²) in [6.45, 7) is -0.357. The number of halogens is 2. The third-order valence-corrected chi connectivity index (χ3v) is 1.77. The lowest BCUT2D eigenvalue weighted by molar-refractivity contribution is -0.391.